The maximum Gasteiger partial charge on any atom is 0.252 e. The van der Waals surface area contributed by atoms with E-state index in [1.54, 1.807) is 16.4 Å². The Balaban J connectivity index is 1.42. The molecule has 3 heterocycles. The Morgan fingerprint density at radius 3 is 2.52 bits per heavy atom. The van der Waals surface area contributed by atoms with Crippen LogP contribution in [0.4, 0.5) is 0 Å². The molecule has 0 atom stereocenters. The molecule has 2 aromatic heterocycles. The summed E-state index contributed by atoms with van der Waals surface area (Å²) in [4.78, 5) is 2.22. The van der Waals surface area contributed by atoms with Crippen LogP contribution >= 0.6 is 39.5 Å². The molecule has 2 fully saturated rings. The number of nitrogens with zero attached hydrogens (tertiary/aromatic N) is 5. The van der Waals surface area contributed by atoms with Gasteiger partial charge in [0.25, 0.3) is 10.0 Å². The Morgan fingerprint density at radius 2 is 1.96 bits per heavy atom. The van der Waals surface area contributed by atoms with Gasteiger partial charge >= 0.3 is 0 Å². The van der Waals surface area contributed by atoms with Gasteiger partial charge in [0.1, 0.15) is 10.0 Å². The molecule has 148 valence electrons. The zero-order chi connectivity index (χ0) is 19.2. The molecule has 1 aliphatic carbocycles. The summed E-state index contributed by atoms with van der Waals surface area (Å²) in [5.41, 5.74) is 0. The van der Waals surface area contributed by atoms with Crippen molar-refractivity contribution in [3.05, 3.63) is 26.5 Å². The number of rotatable bonds is 6. The van der Waals surface area contributed by atoms with E-state index in [0.717, 1.165) is 20.9 Å². The second-order valence-electron chi connectivity index (χ2n) is 6.88. The minimum Gasteiger partial charge on any atom is -0.304 e. The van der Waals surface area contributed by atoms with Crippen LogP contribution in [0.25, 0.3) is 0 Å². The molecule has 1 saturated heterocycles. The number of hydrogen-bond acceptors (Lipinski definition) is 6. The summed E-state index contributed by atoms with van der Waals surface area (Å²) in [5.74, 6) is 1.66. The number of aromatic nitrogens is 3. The van der Waals surface area contributed by atoms with Crippen molar-refractivity contribution in [1.82, 2.24) is 23.6 Å². The summed E-state index contributed by atoms with van der Waals surface area (Å²) in [6.45, 7) is 5.86. The Hall–Kier alpha value is -0.590. The van der Waals surface area contributed by atoms with Gasteiger partial charge in [-0.3, -0.25) is 4.90 Å². The first-order chi connectivity index (χ1) is 12.9. The van der Waals surface area contributed by atoms with Crippen molar-refractivity contribution in [1.29, 1.82) is 0 Å². The summed E-state index contributed by atoms with van der Waals surface area (Å²) >= 11 is 10.2. The third kappa shape index (κ3) is 3.95. The first-order valence-corrected chi connectivity index (χ1v) is 12.5. The van der Waals surface area contributed by atoms with Gasteiger partial charge in [-0.15, -0.1) is 11.3 Å². The van der Waals surface area contributed by atoms with Crippen molar-refractivity contribution in [2.24, 2.45) is 0 Å². The minimum absolute atomic E-state index is 0.390. The fourth-order valence-electron chi connectivity index (χ4n) is 3.36. The summed E-state index contributed by atoms with van der Waals surface area (Å²) in [5, 5.41) is 4.75. The van der Waals surface area contributed by atoms with Gasteiger partial charge in [0.15, 0.2) is 4.77 Å². The lowest BCUT2D eigenvalue weighted by molar-refractivity contribution is 0.144. The third-order valence-corrected chi connectivity index (χ3v) is 9.44. The second kappa shape index (κ2) is 7.68. The fourth-order valence-corrected chi connectivity index (χ4v) is 7.26. The maximum absolute atomic E-state index is 12.7. The molecule has 1 saturated carbocycles. The number of sulfonamides is 1. The normalized spacial score (nSPS) is 19.6. The van der Waals surface area contributed by atoms with Crippen LogP contribution in [-0.2, 0) is 23.2 Å². The molecule has 0 N–H and O–H groups in total. The van der Waals surface area contributed by atoms with E-state index in [-0.39, 0.29) is 0 Å². The molecule has 0 bridgehead atoms. The average Bonchev–Trinajstić information content (AvgIpc) is 3.32. The van der Waals surface area contributed by atoms with E-state index >= 15 is 0 Å². The Kier molecular flexibility index (Phi) is 5.61. The van der Waals surface area contributed by atoms with Crippen LogP contribution in [0.1, 0.15) is 31.5 Å². The highest BCUT2D eigenvalue weighted by molar-refractivity contribution is 9.11. The van der Waals surface area contributed by atoms with Crippen LogP contribution < -0.4 is 0 Å². The van der Waals surface area contributed by atoms with E-state index in [0.29, 0.717) is 43.0 Å². The quantitative estimate of drug-likeness (QED) is 0.580. The summed E-state index contributed by atoms with van der Waals surface area (Å²) in [6.07, 6.45) is 2.39. The number of halogens is 1. The fraction of sp³-hybridized carbons (Fsp3) is 0.625. The molecule has 27 heavy (non-hydrogen) atoms. The second-order valence-corrected chi connectivity index (χ2v) is 11.9. The van der Waals surface area contributed by atoms with Gasteiger partial charge in [0, 0.05) is 38.6 Å². The highest BCUT2D eigenvalue weighted by Crippen LogP contribution is 2.39. The summed E-state index contributed by atoms with van der Waals surface area (Å²) in [7, 11) is -3.41. The first-order valence-electron chi connectivity index (χ1n) is 9.05. The molecule has 0 aromatic carbocycles. The van der Waals surface area contributed by atoms with Gasteiger partial charge in [0.2, 0.25) is 0 Å². The molecule has 0 spiro atoms. The molecule has 11 heteroatoms. The highest BCUT2D eigenvalue weighted by Gasteiger charge is 2.32. The van der Waals surface area contributed by atoms with Crippen LogP contribution in [-0.4, -0.2) is 58.1 Å². The lowest BCUT2D eigenvalue weighted by Gasteiger charge is -2.33. The van der Waals surface area contributed by atoms with Crippen molar-refractivity contribution >= 4 is 49.5 Å². The molecule has 1 aliphatic heterocycles. The standard InChI is InChI=1S/C16H22BrN5O2S3/c1-2-21-15(12-3-4-12)18-22(16(21)25)11-19-7-9-20(10-8-19)27(23,24)14-6-5-13(17)26-14/h5-6,12H,2-4,7-11H2,1H3. The SMILES string of the molecule is CCn1c(C2CC2)nn(CN2CCN(S(=O)(=O)c3ccc(Br)s3)CC2)c1=S. The van der Waals surface area contributed by atoms with E-state index in [1.807, 2.05) is 4.68 Å². The van der Waals surface area contributed by atoms with Gasteiger partial charge < -0.3 is 4.57 Å². The van der Waals surface area contributed by atoms with Crippen LogP contribution in [0, 0.1) is 4.77 Å². The van der Waals surface area contributed by atoms with Gasteiger partial charge in [-0.1, -0.05) is 0 Å². The summed E-state index contributed by atoms with van der Waals surface area (Å²) in [6, 6.07) is 3.43. The highest BCUT2D eigenvalue weighted by atomic mass is 79.9. The molecule has 4 rings (SSSR count). The molecule has 7 nitrogen and oxygen atoms in total. The Bertz CT molecular complexity index is 984. The average molecular weight is 492 g/mol. The zero-order valence-corrected chi connectivity index (χ0v) is 19.1. The lowest BCUT2D eigenvalue weighted by Crippen LogP contribution is -2.48. The van der Waals surface area contributed by atoms with E-state index in [9.17, 15) is 8.42 Å². The van der Waals surface area contributed by atoms with Crippen LogP contribution in [0.3, 0.4) is 0 Å². The smallest absolute Gasteiger partial charge is 0.252 e. The van der Waals surface area contributed by atoms with Crippen molar-refractivity contribution in [2.75, 3.05) is 26.2 Å². The minimum atomic E-state index is -3.41. The van der Waals surface area contributed by atoms with E-state index in [4.69, 9.17) is 17.3 Å². The predicted octanol–water partition coefficient (Wildman–Crippen LogP) is 3.10. The molecule has 0 radical (unpaired) electrons. The molecule has 2 aliphatic rings. The van der Waals surface area contributed by atoms with Gasteiger partial charge in [-0.25, -0.2) is 13.1 Å². The van der Waals surface area contributed by atoms with E-state index in [1.165, 1.54) is 24.2 Å². The van der Waals surface area contributed by atoms with Crippen molar-refractivity contribution in [2.45, 2.75) is 43.1 Å². The molecule has 2 aromatic rings. The maximum atomic E-state index is 12.7. The Labute approximate surface area is 176 Å². The van der Waals surface area contributed by atoms with E-state index < -0.39 is 10.0 Å². The van der Waals surface area contributed by atoms with Gasteiger partial charge in [-0.2, -0.15) is 9.40 Å². The van der Waals surface area contributed by atoms with E-state index in [2.05, 4.69) is 32.3 Å². The first kappa shape index (κ1) is 19.7. The number of hydrogen-bond donors (Lipinski definition) is 0. The molecule has 0 unspecified atom stereocenters. The molecular formula is C16H22BrN5O2S3. The number of thiophene rings is 1. The van der Waals surface area contributed by atoms with Gasteiger partial charge in [0.05, 0.1) is 10.5 Å². The third-order valence-electron chi connectivity index (χ3n) is 5.02. The zero-order valence-electron chi connectivity index (χ0n) is 15.0. The van der Waals surface area contributed by atoms with Crippen LogP contribution in [0.2, 0.25) is 0 Å². The van der Waals surface area contributed by atoms with Crippen molar-refractivity contribution in [3.8, 4) is 0 Å². The lowest BCUT2D eigenvalue weighted by atomic mass is 10.4. The van der Waals surface area contributed by atoms with Gasteiger partial charge in [-0.05, 0) is 60.0 Å². The monoisotopic (exact) mass is 491 g/mol. The van der Waals surface area contributed by atoms with Crippen molar-refractivity contribution in [3.63, 3.8) is 0 Å². The van der Waals surface area contributed by atoms with Crippen LogP contribution in [0.15, 0.2) is 20.1 Å². The topological polar surface area (TPSA) is 63.4 Å². The summed E-state index contributed by atoms with van der Waals surface area (Å²) < 4.78 is 33.1. The molecule has 0 amide bonds. The Morgan fingerprint density at radius 1 is 1.26 bits per heavy atom. The van der Waals surface area contributed by atoms with Crippen molar-refractivity contribution < 1.29 is 8.42 Å². The van der Waals surface area contributed by atoms with Crippen LogP contribution in [0.5, 0.6) is 0 Å². The largest absolute Gasteiger partial charge is 0.304 e. The number of piperazine rings is 1. The predicted molar refractivity (Wildman–Crippen MR) is 111 cm³/mol. The molecular weight excluding hydrogens is 470 g/mol.